The predicted octanol–water partition coefficient (Wildman–Crippen LogP) is 7.69. The van der Waals surface area contributed by atoms with Gasteiger partial charge in [0.2, 0.25) is 0 Å². The molecule has 3 heterocycles. The Morgan fingerprint density at radius 1 is 0.690 bits per heavy atom. The molecule has 0 saturated heterocycles. The van der Waals surface area contributed by atoms with Crippen molar-refractivity contribution in [1.29, 1.82) is 5.26 Å². The first-order valence-corrected chi connectivity index (χ1v) is 14.8. The molecule has 0 amide bonds. The molecule has 7 rings (SSSR count). The average Bonchev–Trinajstić information content (AvgIpc) is 3.45. The van der Waals surface area contributed by atoms with Crippen LogP contribution >= 0.6 is 0 Å². The molecule has 0 radical (unpaired) electrons. The highest BCUT2D eigenvalue weighted by atomic mass is 32.2. The zero-order valence-electron chi connectivity index (χ0n) is 22.2. The second-order valence-electron chi connectivity index (χ2n) is 9.84. The fourth-order valence-electron chi connectivity index (χ4n) is 5.34. The lowest BCUT2D eigenvalue weighted by Gasteiger charge is -2.12. The first-order valence-electron chi connectivity index (χ1n) is 13.3. The highest BCUT2D eigenvalue weighted by Gasteiger charge is 2.24. The van der Waals surface area contributed by atoms with Gasteiger partial charge in [-0.1, -0.05) is 78.9 Å². The lowest BCUT2D eigenvalue weighted by atomic mass is 9.94. The summed E-state index contributed by atoms with van der Waals surface area (Å²) in [5.41, 5.74) is 6.64. The smallest absolute Gasteiger partial charge is 0.248 e. The van der Waals surface area contributed by atoms with Crippen LogP contribution in [0.3, 0.4) is 0 Å². The zero-order chi connectivity index (χ0) is 28.7. The van der Waals surface area contributed by atoms with Crippen LogP contribution in [0.15, 0.2) is 139 Å². The van der Waals surface area contributed by atoms with E-state index in [-0.39, 0.29) is 4.90 Å². The first kappa shape index (κ1) is 25.4. The maximum atomic E-state index is 13.7. The van der Waals surface area contributed by atoms with Crippen molar-refractivity contribution in [2.24, 2.45) is 0 Å². The summed E-state index contributed by atoms with van der Waals surface area (Å²) in [6.07, 6.45) is 3.17. The predicted molar refractivity (Wildman–Crippen MR) is 165 cm³/mol. The largest absolute Gasteiger partial charge is 0.269 e. The Bertz CT molecular complexity index is 2250. The molecule has 0 N–H and O–H groups in total. The Balaban J connectivity index is 1.46. The summed E-state index contributed by atoms with van der Waals surface area (Å²) in [7, 11) is -3.92. The van der Waals surface area contributed by atoms with Gasteiger partial charge in [0.25, 0.3) is 10.0 Å². The van der Waals surface area contributed by atoms with Crippen LogP contribution in [0.2, 0.25) is 0 Å². The molecule has 0 saturated carbocycles. The fraction of sp³-hybridized carbons (Fsp3) is 0. The Labute approximate surface area is 242 Å². The molecule has 0 atom stereocenters. The minimum Gasteiger partial charge on any atom is -0.248 e. The standard InChI is InChI=1S/C35H22N4O2S/c36-22-27-11-7-15-32-34(27)30(26-18-16-25(17-19-26)24-9-3-1-4-10-24)21-33(38-32)31-23-39(35-29(31)14-8-20-37-35)42(40,41)28-12-5-2-6-13-28/h1-21,23H. The van der Waals surface area contributed by atoms with E-state index in [0.717, 1.165) is 27.6 Å². The number of nitriles is 1. The van der Waals surface area contributed by atoms with Gasteiger partial charge in [-0.15, -0.1) is 0 Å². The van der Waals surface area contributed by atoms with Gasteiger partial charge in [0.1, 0.15) is 0 Å². The maximum Gasteiger partial charge on any atom is 0.269 e. The molecule has 42 heavy (non-hydrogen) atoms. The summed E-state index contributed by atoms with van der Waals surface area (Å²) in [5, 5.41) is 11.4. The quantitative estimate of drug-likeness (QED) is 0.215. The molecule has 0 aliphatic carbocycles. The van der Waals surface area contributed by atoms with Crippen LogP contribution in [0.5, 0.6) is 0 Å². The first-order chi connectivity index (χ1) is 20.5. The molecule has 3 aromatic heterocycles. The normalized spacial score (nSPS) is 11.5. The average molecular weight is 563 g/mol. The van der Waals surface area contributed by atoms with E-state index < -0.39 is 10.0 Å². The lowest BCUT2D eigenvalue weighted by Crippen LogP contribution is -2.12. The van der Waals surface area contributed by atoms with Crippen LogP contribution in [-0.4, -0.2) is 22.4 Å². The van der Waals surface area contributed by atoms with E-state index in [1.54, 1.807) is 54.9 Å². The van der Waals surface area contributed by atoms with Crippen LogP contribution in [0.4, 0.5) is 0 Å². The molecular formula is C35H22N4O2S. The van der Waals surface area contributed by atoms with Crippen molar-refractivity contribution in [2.75, 3.05) is 0 Å². The Hall–Kier alpha value is -5.58. The molecule has 0 bridgehead atoms. The van der Waals surface area contributed by atoms with Crippen LogP contribution in [0.25, 0.3) is 55.4 Å². The molecule has 0 aliphatic rings. The van der Waals surface area contributed by atoms with Gasteiger partial charge in [-0.2, -0.15) is 5.26 Å². The molecule has 4 aromatic carbocycles. The van der Waals surface area contributed by atoms with E-state index in [9.17, 15) is 13.7 Å². The highest BCUT2D eigenvalue weighted by molar-refractivity contribution is 7.90. The number of benzene rings is 4. The maximum absolute atomic E-state index is 13.7. The zero-order valence-corrected chi connectivity index (χ0v) is 23.0. The van der Waals surface area contributed by atoms with Gasteiger partial charge < -0.3 is 0 Å². The third kappa shape index (κ3) is 4.22. The molecule has 7 heteroatoms. The van der Waals surface area contributed by atoms with Gasteiger partial charge in [-0.25, -0.2) is 22.4 Å². The summed E-state index contributed by atoms with van der Waals surface area (Å²) >= 11 is 0. The van der Waals surface area contributed by atoms with Crippen molar-refractivity contribution in [1.82, 2.24) is 13.9 Å². The van der Waals surface area contributed by atoms with E-state index in [4.69, 9.17) is 4.98 Å². The number of hydrogen-bond donors (Lipinski definition) is 0. The third-order valence-electron chi connectivity index (χ3n) is 7.37. The molecule has 6 nitrogen and oxygen atoms in total. The minimum absolute atomic E-state index is 0.170. The third-order valence-corrected chi connectivity index (χ3v) is 9.03. The molecule has 0 unspecified atom stereocenters. The monoisotopic (exact) mass is 562 g/mol. The molecule has 0 spiro atoms. The van der Waals surface area contributed by atoms with E-state index in [2.05, 4.69) is 35.3 Å². The van der Waals surface area contributed by atoms with Gasteiger partial charge in [-0.3, -0.25) is 0 Å². The second kappa shape index (κ2) is 10.1. The van der Waals surface area contributed by atoms with Gasteiger partial charge in [-0.05, 0) is 64.7 Å². The number of nitrogens with zero attached hydrogens (tertiary/aromatic N) is 4. The Morgan fingerprint density at radius 3 is 2.12 bits per heavy atom. The van der Waals surface area contributed by atoms with Crippen molar-refractivity contribution in [3.8, 4) is 39.6 Å². The lowest BCUT2D eigenvalue weighted by molar-refractivity contribution is 0.589. The number of pyridine rings is 2. The topological polar surface area (TPSA) is 88.6 Å². The molecular weight excluding hydrogens is 540 g/mol. The van der Waals surface area contributed by atoms with Gasteiger partial charge in [0, 0.05) is 28.7 Å². The van der Waals surface area contributed by atoms with Gasteiger partial charge in [0.05, 0.1) is 27.7 Å². The van der Waals surface area contributed by atoms with Gasteiger partial charge in [0.15, 0.2) is 5.65 Å². The number of fused-ring (bicyclic) bond motifs is 2. The summed E-state index contributed by atoms with van der Waals surface area (Å²) in [5.74, 6) is 0. The Morgan fingerprint density at radius 2 is 1.38 bits per heavy atom. The summed E-state index contributed by atoms with van der Waals surface area (Å²) in [6, 6.07) is 40.0. The Kier molecular flexibility index (Phi) is 6.11. The number of hydrogen-bond acceptors (Lipinski definition) is 5. The summed E-state index contributed by atoms with van der Waals surface area (Å²) in [6.45, 7) is 0. The van der Waals surface area contributed by atoms with Gasteiger partial charge >= 0.3 is 0 Å². The second-order valence-corrected chi connectivity index (χ2v) is 11.7. The summed E-state index contributed by atoms with van der Waals surface area (Å²) < 4.78 is 28.6. The SMILES string of the molecule is N#Cc1cccc2nc(-c3cn(S(=O)(=O)c4ccccc4)c4ncccc34)cc(-c3ccc(-c4ccccc4)cc3)c12. The van der Waals surface area contributed by atoms with Crippen molar-refractivity contribution in [3.05, 3.63) is 139 Å². The van der Waals surface area contributed by atoms with Crippen LogP contribution in [0.1, 0.15) is 5.56 Å². The molecule has 0 fully saturated rings. The van der Waals surface area contributed by atoms with Crippen molar-refractivity contribution in [3.63, 3.8) is 0 Å². The van der Waals surface area contributed by atoms with Crippen LogP contribution in [0, 0.1) is 11.3 Å². The van der Waals surface area contributed by atoms with Crippen LogP contribution in [-0.2, 0) is 10.0 Å². The minimum atomic E-state index is -3.92. The van der Waals surface area contributed by atoms with E-state index in [1.165, 1.54) is 3.97 Å². The molecule has 7 aromatic rings. The highest BCUT2D eigenvalue weighted by Crippen LogP contribution is 2.38. The fourth-order valence-corrected chi connectivity index (χ4v) is 6.69. The van der Waals surface area contributed by atoms with Crippen molar-refractivity contribution in [2.45, 2.75) is 4.90 Å². The molecule has 0 aliphatic heterocycles. The number of aromatic nitrogens is 3. The van der Waals surface area contributed by atoms with E-state index in [1.807, 2.05) is 54.6 Å². The van der Waals surface area contributed by atoms with Crippen molar-refractivity contribution < 1.29 is 8.42 Å². The summed E-state index contributed by atoms with van der Waals surface area (Å²) in [4.78, 5) is 9.55. The number of rotatable bonds is 5. The van der Waals surface area contributed by atoms with E-state index in [0.29, 0.717) is 33.4 Å². The van der Waals surface area contributed by atoms with E-state index >= 15 is 0 Å². The van der Waals surface area contributed by atoms with Crippen molar-refractivity contribution >= 4 is 32.0 Å². The molecule has 200 valence electrons. The van der Waals surface area contributed by atoms with Crippen LogP contribution < -0.4 is 0 Å².